The predicted octanol–water partition coefficient (Wildman–Crippen LogP) is 4.03. The van der Waals surface area contributed by atoms with E-state index in [-0.39, 0.29) is 17.0 Å². The van der Waals surface area contributed by atoms with Gasteiger partial charge in [-0.25, -0.2) is 13.9 Å². The molecule has 2 N–H and O–H groups in total. The molecule has 0 radical (unpaired) electrons. The Morgan fingerprint density at radius 3 is 2.07 bits per heavy atom. The first kappa shape index (κ1) is 21.0. The molecule has 0 bridgehead atoms. The average Bonchev–Trinajstić information content (AvgIpc) is 2.55. The monoisotopic (exact) mass is 414 g/mol. The van der Waals surface area contributed by atoms with E-state index in [0.29, 0.717) is 16.8 Å². The molecule has 0 saturated heterocycles. The normalized spacial score (nSPS) is 11.7. The van der Waals surface area contributed by atoms with Crippen LogP contribution in [0.3, 0.4) is 0 Å². The number of urea groups is 1. The largest absolute Gasteiger partial charge is 0.333 e. The molecule has 0 spiro atoms. The van der Waals surface area contributed by atoms with Gasteiger partial charge in [0.2, 0.25) is 0 Å². The SMILES string of the molecule is CC(C)c1cc(F)cc(C(C)C)c1NC(=O)NS(=O)(=O)c1ccc(Cl)nn1. The number of benzene rings is 1. The number of nitrogens with zero attached hydrogens (tertiary/aromatic N) is 2. The molecule has 2 amide bonds. The summed E-state index contributed by atoms with van der Waals surface area (Å²) in [6.07, 6.45) is 0. The van der Waals surface area contributed by atoms with Crippen molar-refractivity contribution in [1.29, 1.82) is 0 Å². The minimum absolute atomic E-state index is 0.0212. The highest BCUT2D eigenvalue weighted by atomic mass is 35.5. The number of rotatable bonds is 5. The topological polar surface area (TPSA) is 101 Å². The van der Waals surface area contributed by atoms with Gasteiger partial charge in [-0.15, -0.1) is 10.2 Å². The molecule has 0 aliphatic carbocycles. The molecule has 7 nitrogen and oxygen atoms in total. The predicted molar refractivity (Wildman–Crippen MR) is 101 cm³/mol. The summed E-state index contributed by atoms with van der Waals surface area (Å²) in [7, 11) is -4.24. The van der Waals surface area contributed by atoms with Crippen molar-refractivity contribution in [3.63, 3.8) is 0 Å². The summed E-state index contributed by atoms with van der Waals surface area (Å²) >= 11 is 5.58. The number of amides is 2. The van der Waals surface area contributed by atoms with Crippen molar-refractivity contribution >= 4 is 33.3 Å². The molecule has 0 unspecified atom stereocenters. The fraction of sp³-hybridized carbons (Fsp3) is 0.353. The van der Waals surface area contributed by atoms with Gasteiger partial charge >= 0.3 is 6.03 Å². The van der Waals surface area contributed by atoms with E-state index in [1.807, 2.05) is 32.4 Å². The summed E-state index contributed by atoms with van der Waals surface area (Å²) in [6.45, 7) is 7.40. The van der Waals surface area contributed by atoms with Crippen LogP contribution in [0.2, 0.25) is 5.15 Å². The van der Waals surface area contributed by atoms with Crippen molar-refractivity contribution < 1.29 is 17.6 Å². The maximum absolute atomic E-state index is 13.9. The molecule has 1 aromatic heterocycles. The van der Waals surface area contributed by atoms with Gasteiger partial charge in [0.05, 0.1) is 0 Å². The van der Waals surface area contributed by atoms with E-state index < -0.39 is 26.9 Å². The van der Waals surface area contributed by atoms with Crippen molar-refractivity contribution in [3.05, 3.63) is 46.4 Å². The third-order valence-electron chi connectivity index (χ3n) is 3.76. The van der Waals surface area contributed by atoms with E-state index in [0.717, 1.165) is 6.07 Å². The highest BCUT2D eigenvalue weighted by Gasteiger charge is 2.23. The first-order valence-electron chi connectivity index (χ1n) is 8.17. The molecule has 0 aliphatic rings. The fourth-order valence-corrected chi connectivity index (χ4v) is 3.36. The summed E-state index contributed by atoms with van der Waals surface area (Å²) in [4.78, 5) is 12.3. The lowest BCUT2D eigenvalue weighted by atomic mass is 9.92. The molecule has 27 heavy (non-hydrogen) atoms. The molecular weight excluding hydrogens is 395 g/mol. The number of aromatic nitrogens is 2. The third kappa shape index (κ3) is 5.14. The van der Waals surface area contributed by atoms with E-state index in [1.54, 1.807) is 0 Å². The van der Waals surface area contributed by atoms with Crippen LogP contribution in [0.1, 0.15) is 50.7 Å². The molecule has 0 atom stereocenters. The lowest BCUT2D eigenvalue weighted by Gasteiger charge is -2.20. The van der Waals surface area contributed by atoms with Crippen LogP contribution in [-0.4, -0.2) is 24.6 Å². The highest BCUT2D eigenvalue weighted by molar-refractivity contribution is 7.90. The van der Waals surface area contributed by atoms with Gasteiger partial charge in [-0.1, -0.05) is 39.3 Å². The number of carbonyl (C=O) groups is 1. The van der Waals surface area contributed by atoms with Gasteiger partial charge in [-0.3, -0.25) is 0 Å². The summed E-state index contributed by atoms with van der Waals surface area (Å²) in [5.41, 5.74) is 1.52. The maximum Gasteiger partial charge on any atom is 0.333 e. The van der Waals surface area contributed by atoms with Gasteiger partial charge in [-0.05, 0) is 47.2 Å². The molecule has 2 rings (SSSR count). The first-order chi connectivity index (χ1) is 12.5. The fourth-order valence-electron chi connectivity index (χ4n) is 2.47. The standard InChI is InChI=1S/C17H20ClFN4O3S/c1-9(2)12-7-11(19)8-13(10(3)4)16(12)20-17(24)23-27(25,26)15-6-5-14(18)21-22-15/h5-10H,1-4H3,(H2,20,23,24). The highest BCUT2D eigenvalue weighted by Crippen LogP contribution is 2.33. The van der Waals surface area contributed by atoms with Crippen molar-refractivity contribution in [3.8, 4) is 0 Å². The zero-order valence-corrected chi connectivity index (χ0v) is 16.8. The Balaban J connectivity index is 2.33. The van der Waals surface area contributed by atoms with Crippen molar-refractivity contribution in [2.45, 2.75) is 44.6 Å². The van der Waals surface area contributed by atoms with Crippen LogP contribution in [0, 0.1) is 5.82 Å². The summed E-state index contributed by atoms with van der Waals surface area (Å²) in [5.74, 6) is -0.600. The molecule has 0 aliphatic heterocycles. The van der Waals surface area contributed by atoms with Crippen LogP contribution in [0.5, 0.6) is 0 Å². The second-order valence-electron chi connectivity index (χ2n) is 6.52. The summed E-state index contributed by atoms with van der Waals surface area (Å²) < 4.78 is 40.3. The van der Waals surface area contributed by atoms with Crippen LogP contribution in [-0.2, 0) is 10.0 Å². The zero-order valence-electron chi connectivity index (χ0n) is 15.2. The van der Waals surface area contributed by atoms with E-state index >= 15 is 0 Å². The molecule has 0 saturated carbocycles. The van der Waals surface area contributed by atoms with E-state index in [1.165, 1.54) is 18.2 Å². The number of hydrogen-bond acceptors (Lipinski definition) is 5. The summed E-state index contributed by atoms with van der Waals surface area (Å²) in [5, 5.41) is 9.00. The molecule has 146 valence electrons. The van der Waals surface area contributed by atoms with Gasteiger partial charge in [-0.2, -0.15) is 8.42 Å². The van der Waals surface area contributed by atoms with Crippen molar-refractivity contribution in [2.24, 2.45) is 0 Å². The number of hydrogen-bond donors (Lipinski definition) is 2. The van der Waals surface area contributed by atoms with Gasteiger partial charge < -0.3 is 5.32 Å². The molecule has 1 aromatic carbocycles. The van der Waals surface area contributed by atoms with Gasteiger partial charge in [0.1, 0.15) is 5.82 Å². The average molecular weight is 415 g/mol. The Hall–Kier alpha value is -2.26. The molecule has 1 heterocycles. The zero-order chi connectivity index (χ0) is 20.4. The van der Waals surface area contributed by atoms with Crippen molar-refractivity contribution in [2.75, 3.05) is 5.32 Å². The third-order valence-corrected chi connectivity index (χ3v) is 5.18. The Kier molecular flexibility index (Phi) is 6.38. The minimum Gasteiger partial charge on any atom is -0.307 e. The number of carbonyl (C=O) groups excluding carboxylic acids is 1. The van der Waals surface area contributed by atoms with Crippen LogP contribution in [0.15, 0.2) is 29.3 Å². The van der Waals surface area contributed by atoms with Crippen LogP contribution in [0.4, 0.5) is 14.9 Å². The quantitative estimate of drug-likeness (QED) is 0.769. The van der Waals surface area contributed by atoms with Gasteiger partial charge in [0.15, 0.2) is 10.2 Å². The van der Waals surface area contributed by atoms with Crippen LogP contribution >= 0.6 is 11.6 Å². The van der Waals surface area contributed by atoms with Crippen LogP contribution < -0.4 is 10.0 Å². The molecule has 10 heteroatoms. The minimum atomic E-state index is -4.24. The van der Waals surface area contributed by atoms with E-state index in [4.69, 9.17) is 11.6 Å². The second-order valence-corrected chi connectivity index (χ2v) is 8.54. The Morgan fingerprint density at radius 1 is 1.07 bits per heavy atom. The Bertz CT molecular complexity index is 918. The molecule has 0 fully saturated rings. The molecular formula is C17H20ClFN4O3S. The van der Waals surface area contributed by atoms with Crippen molar-refractivity contribution in [1.82, 2.24) is 14.9 Å². The van der Waals surface area contributed by atoms with Crippen LogP contribution in [0.25, 0.3) is 0 Å². The first-order valence-corrected chi connectivity index (χ1v) is 10.0. The molecule has 2 aromatic rings. The van der Waals surface area contributed by atoms with E-state index in [2.05, 4.69) is 15.5 Å². The Morgan fingerprint density at radius 2 is 1.63 bits per heavy atom. The number of sulfonamides is 1. The lowest BCUT2D eigenvalue weighted by Crippen LogP contribution is -2.35. The Labute approximate surface area is 162 Å². The maximum atomic E-state index is 13.9. The second kappa shape index (κ2) is 8.18. The number of anilines is 1. The smallest absolute Gasteiger partial charge is 0.307 e. The van der Waals surface area contributed by atoms with Gasteiger partial charge in [0, 0.05) is 5.69 Å². The lowest BCUT2D eigenvalue weighted by molar-refractivity contribution is 0.256. The number of nitrogens with one attached hydrogen (secondary N) is 2. The van der Waals surface area contributed by atoms with E-state index in [9.17, 15) is 17.6 Å². The summed E-state index contributed by atoms with van der Waals surface area (Å²) in [6, 6.07) is 4.04. The number of halogens is 2. The van der Waals surface area contributed by atoms with Gasteiger partial charge in [0.25, 0.3) is 10.0 Å².